The van der Waals surface area contributed by atoms with E-state index in [1.54, 1.807) is 24.3 Å². The molecule has 1 amide bonds. The molecule has 0 aliphatic carbocycles. The van der Waals surface area contributed by atoms with Crippen molar-refractivity contribution in [3.8, 4) is 11.5 Å². The zero-order valence-corrected chi connectivity index (χ0v) is 17.0. The molecule has 0 aromatic heterocycles. The minimum Gasteiger partial charge on any atom is -0.457 e. The molecule has 2 aromatic rings. The highest BCUT2D eigenvalue weighted by Crippen LogP contribution is 2.34. The van der Waals surface area contributed by atoms with Gasteiger partial charge in [-0.15, -0.1) is 0 Å². The van der Waals surface area contributed by atoms with Crippen LogP contribution in [0.25, 0.3) is 0 Å². The van der Waals surface area contributed by atoms with Crippen LogP contribution in [-0.4, -0.2) is 50.0 Å². The molecule has 0 spiro atoms. The van der Waals surface area contributed by atoms with Crippen molar-refractivity contribution in [2.75, 3.05) is 26.2 Å². The number of benzene rings is 2. The Morgan fingerprint density at radius 3 is 2.10 bits per heavy atom. The zero-order valence-electron chi connectivity index (χ0n) is 15.3. The summed E-state index contributed by atoms with van der Waals surface area (Å²) < 4.78 is 43.2. The van der Waals surface area contributed by atoms with Crippen molar-refractivity contribution in [1.82, 2.24) is 15.4 Å². The summed E-state index contributed by atoms with van der Waals surface area (Å²) in [5.41, 5.74) is -1.35. The van der Waals surface area contributed by atoms with Crippen molar-refractivity contribution in [2.24, 2.45) is 0 Å². The Hall–Kier alpha value is -2.27. The fourth-order valence-corrected chi connectivity index (χ4v) is 3.50. The monoisotopic (exact) mass is 443 g/mol. The van der Waals surface area contributed by atoms with Gasteiger partial charge in [0.2, 0.25) is 10.0 Å². The number of para-hydroxylation sites is 1. The molecule has 12 heteroatoms. The van der Waals surface area contributed by atoms with Crippen LogP contribution in [-0.2, 0) is 14.6 Å². The molecule has 29 heavy (non-hydrogen) atoms. The van der Waals surface area contributed by atoms with Gasteiger partial charge >= 0.3 is 13.2 Å². The number of sulfonamides is 1. The summed E-state index contributed by atoms with van der Waals surface area (Å²) in [6.45, 7) is 0.579. The molecule has 5 N–H and O–H groups in total. The molecule has 0 aliphatic heterocycles. The molecule has 2 aromatic carbocycles. The van der Waals surface area contributed by atoms with Gasteiger partial charge in [-0.2, -0.15) is 0 Å². The zero-order chi connectivity index (χ0) is 21.3. The molecular weight excluding hydrogens is 421 g/mol. The summed E-state index contributed by atoms with van der Waals surface area (Å²) >= 11 is 0. The number of ether oxygens (including phenoxy) is 1. The van der Waals surface area contributed by atoms with E-state index in [0.717, 1.165) is 0 Å². The maximum absolute atomic E-state index is 12.3. The first-order valence-electron chi connectivity index (χ1n) is 8.56. The third-order valence-corrected chi connectivity index (χ3v) is 5.71. The lowest BCUT2D eigenvalue weighted by Gasteiger charge is -2.10. The Morgan fingerprint density at radius 1 is 0.897 bits per heavy atom. The maximum Gasteiger partial charge on any atom is 0.413 e. The summed E-state index contributed by atoms with van der Waals surface area (Å²) in [6.07, 6.45) is 0. The molecular formula is C17H22N3O7PS. The number of rotatable bonds is 11. The van der Waals surface area contributed by atoms with Gasteiger partial charge in [0, 0.05) is 26.2 Å². The SMILES string of the molecule is O=C(NCCNCCNS(=O)(=O)c1ccc(Oc2ccccc2)cc1)P(=O)(O)O. The van der Waals surface area contributed by atoms with E-state index in [0.29, 0.717) is 11.5 Å². The minimum atomic E-state index is -4.78. The van der Waals surface area contributed by atoms with E-state index in [-0.39, 0.29) is 31.1 Å². The number of carbonyl (C=O) groups excluding carboxylic acids is 1. The Bertz CT molecular complexity index is 947. The van der Waals surface area contributed by atoms with Crippen LogP contribution < -0.4 is 20.1 Å². The van der Waals surface area contributed by atoms with Crippen LogP contribution in [0.2, 0.25) is 0 Å². The normalized spacial score (nSPS) is 11.8. The van der Waals surface area contributed by atoms with E-state index >= 15 is 0 Å². The van der Waals surface area contributed by atoms with Crippen molar-refractivity contribution in [2.45, 2.75) is 4.90 Å². The largest absolute Gasteiger partial charge is 0.457 e. The van der Waals surface area contributed by atoms with Crippen molar-refractivity contribution in [3.63, 3.8) is 0 Å². The smallest absolute Gasteiger partial charge is 0.413 e. The van der Waals surface area contributed by atoms with Crippen LogP contribution in [0, 0.1) is 0 Å². The van der Waals surface area contributed by atoms with E-state index in [1.165, 1.54) is 12.1 Å². The van der Waals surface area contributed by atoms with Crippen LogP contribution >= 0.6 is 7.60 Å². The summed E-state index contributed by atoms with van der Waals surface area (Å²) in [7, 11) is -8.47. The Labute approximate surface area is 168 Å². The standard InChI is InChI=1S/C17H22N3O7PS/c21-17(28(22,23)24)19-12-10-18-11-13-20-29(25,26)16-8-6-15(7-9-16)27-14-4-2-1-3-5-14/h1-9,18,20H,10-13H2,(H,19,21)(H2,22,23,24). The summed E-state index contributed by atoms with van der Waals surface area (Å²) in [6, 6.07) is 15.1. The second kappa shape index (κ2) is 10.5. The van der Waals surface area contributed by atoms with E-state index in [4.69, 9.17) is 14.5 Å². The molecule has 0 bridgehead atoms. The second-order valence-electron chi connectivity index (χ2n) is 5.81. The molecule has 158 valence electrons. The van der Waals surface area contributed by atoms with Crippen molar-refractivity contribution in [1.29, 1.82) is 0 Å². The van der Waals surface area contributed by atoms with Gasteiger partial charge < -0.3 is 25.2 Å². The van der Waals surface area contributed by atoms with Crippen LogP contribution in [0.5, 0.6) is 11.5 Å². The summed E-state index contributed by atoms with van der Waals surface area (Å²) in [4.78, 5) is 28.3. The molecule has 0 atom stereocenters. The first-order chi connectivity index (χ1) is 13.7. The molecule has 0 radical (unpaired) electrons. The number of carbonyl (C=O) groups is 1. The Morgan fingerprint density at radius 2 is 1.48 bits per heavy atom. The summed E-state index contributed by atoms with van der Waals surface area (Å²) in [5, 5.41) is 4.90. The molecule has 0 aliphatic rings. The molecule has 10 nitrogen and oxygen atoms in total. The predicted octanol–water partition coefficient (Wildman–Crippen LogP) is 1.23. The van der Waals surface area contributed by atoms with Crippen LogP contribution in [0.1, 0.15) is 0 Å². The predicted molar refractivity (Wildman–Crippen MR) is 106 cm³/mol. The van der Waals surface area contributed by atoms with E-state index in [1.807, 2.05) is 18.2 Å². The van der Waals surface area contributed by atoms with E-state index in [2.05, 4.69) is 15.4 Å². The van der Waals surface area contributed by atoms with Crippen LogP contribution in [0.15, 0.2) is 59.5 Å². The third-order valence-electron chi connectivity index (χ3n) is 3.55. The van der Waals surface area contributed by atoms with Gasteiger partial charge in [-0.05, 0) is 36.4 Å². The number of amides is 1. The van der Waals surface area contributed by atoms with Gasteiger partial charge in [-0.25, -0.2) is 17.7 Å². The van der Waals surface area contributed by atoms with Gasteiger partial charge in [0.25, 0.3) is 0 Å². The molecule has 0 saturated heterocycles. The quantitative estimate of drug-likeness (QED) is 0.257. The fraction of sp³-hybridized carbons (Fsp3) is 0.235. The van der Waals surface area contributed by atoms with Gasteiger partial charge in [0.1, 0.15) is 11.5 Å². The number of nitrogens with one attached hydrogen (secondary N) is 3. The van der Waals surface area contributed by atoms with Crippen LogP contribution in [0.3, 0.4) is 0 Å². The van der Waals surface area contributed by atoms with Crippen molar-refractivity contribution < 1.29 is 32.3 Å². The lowest BCUT2D eigenvalue weighted by atomic mass is 10.3. The number of hydrogen-bond donors (Lipinski definition) is 5. The van der Waals surface area contributed by atoms with Gasteiger partial charge in [-0.1, -0.05) is 18.2 Å². The van der Waals surface area contributed by atoms with Crippen LogP contribution in [0.4, 0.5) is 4.79 Å². The van der Waals surface area contributed by atoms with Crippen molar-refractivity contribution in [3.05, 3.63) is 54.6 Å². The Balaban J connectivity index is 1.72. The highest BCUT2D eigenvalue weighted by atomic mass is 32.2. The highest BCUT2D eigenvalue weighted by molar-refractivity contribution is 7.89. The fourth-order valence-electron chi connectivity index (χ4n) is 2.15. The average molecular weight is 443 g/mol. The molecule has 0 unspecified atom stereocenters. The first-order valence-corrected chi connectivity index (χ1v) is 11.7. The van der Waals surface area contributed by atoms with Gasteiger partial charge in [0.05, 0.1) is 4.90 Å². The minimum absolute atomic E-state index is 0.000427. The van der Waals surface area contributed by atoms with E-state index < -0.39 is 23.3 Å². The molecule has 0 saturated carbocycles. The van der Waals surface area contributed by atoms with Gasteiger partial charge in [-0.3, -0.25) is 4.79 Å². The first kappa shape index (κ1) is 23.0. The Kier molecular flexibility index (Phi) is 8.32. The molecule has 0 heterocycles. The molecule has 2 rings (SSSR count). The molecule has 0 fully saturated rings. The average Bonchev–Trinajstić information content (AvgIpc) is 2.67. The van der Waals surface area contributed by atoms with Gasteiger partial charge in [0.15, 0.2) is 0 Å². The summed E-state index contributed by atoms with van der Waals surface area (Å²) in [5.74, 6) is 1.15. The maximum atomic E-state index is 12.3. The highest BCUT2D eigenvalue weighted by Gasteiger charge is 2.24. The number of hydrogen-bond acceptors (Lipinski definition) is 6. The van der Waals surface area contributed by atoms with Crippen molar-refractivity contribution >= 4 is 23.3 Å². The lowest BCUT2D eigenvalue weighted by molar-refractivity contribution is 0.248. The van der Waals surface area contributed by atoms with E-state index in [9.17, 15) is 17.8 Å². The second-order valence-corrected chi connectivity index (χ2v) is 9.07. The lowest BCUT2D eigenvalue weighted by Crippen LogP contribution is -2.36. The third kappa shape index (κ3) is 7.94. The topological polar surface area (TPSA) is 154 Å².